The Bertz CT molecular complexity index is 1160. The molecule has 2 amide bonds. The van der Waals surface area contributed by atoms with Crippen LogP contribution in [0.3, 0.4) is 0 Å². The van der Waals surface area contributed by atoms with Crippen molar-refractivity contribution in [3.05, 3.63) is 76.3 Å². The summed E-state index contributed by atoms with van der Waals surface area (Å²) in [6.07, 6.45) is 0. The number of piperazine rings is 1. The summed E-state index contributed by atoms with van der Waals surface area (Å²) in [4.78, 5) is 31.1. The predicted molar refractivity (Wildman–Crippen MR) is 134 cm³/mol. The first kappa shape index (κ1) is 24.0. The van der Waals surface area contributed by atoms with Gasteiger partial charge in [0.15, 0.2) is 5.82 Å². The molecule has 2 heterocycles. The Hall–Kier alpha value is -3.16. The van der Waals surface area contributed by atoms with Crippen LogP contribution < -0.4 is 4.90 Å². The lowest BCUT2D eigenvalue weighted by Crippen LogP contribution is -2.52. The van der Waals surface area contributed by atoms with Crippen LogP contribution in [0, 0.1) is 0 Å². The molecule has 176 valence electrons. The Labute approximate surface area is 208 Å². The number of halogens is 2. The third-order valence-electron chi connectivity index (χ3n) is 5.86. The molecule has 3 aromatic rings. The molecule has 2 aromatic carbocycles. The summed E-state index contributed by atoms with van der Waals surface area (Å²) < 4.78 is 0. The largest absolute Gasteiger partial charge is 0.352 e. The zero-order valence-corrected chi connectivity index (χ0v) is 20.3. The van der Waals surface area contributed by atoms with Gasteiger partial charge in [0, 0.05) is 38.3 Å². The van der Waals surface area contributed by atoms with Crippen LogP contribution in [-0.4, -0.2) is 71.1 Å². The van der Waals surface area contributed by atoms with Gasteiger partial charge in [-0.15, -0.1) is 10.2 Å². The average molecular weight is 498 g/mol. The lowest BCUT2D eigenvalue weighted by Gasteiger charge is -2.36. The van der Waals surface area contributed by atoms with E-state index >= 15 is 0 Å². The first-order chi connectivity index (χ1) is 16.5. The highest BCUT2D eigenvalue weighted by Gasteiger charge is 2.26. The lowest BCUT2D eigenvalue weighted by atomic mass is 10.1. The fourth-order valence-electron chi connectivity index (χ4n) is 3.89. The van der Waals surface area contributed by atoms with Gasteiger partial charge in [0.2, 0.25) is 5.91 Å². The number of likely N-dealkylation sites (N-methyl/N-ethyl adjacent to an activating group) is 1. The highest BCUT2D eigenvalue weighted by Crippen LogP contribution is 2.26. The van der Waals surface area contributed by atoms with Crippen molar-refractivity contribution in [2.45, 2.75) is 6.92 Å². The molecule has 1 aliphatic heterocycles. The smallest absolute Gasteiger partial charge is 0.255 e. The number of benzene rings is 2. The van der Waals surface area contributed by atoms with Gasteiger partial charge in [-0.1, -0.05) is 53.5 Å². The van der Waals surface area contributed by atoms with Crippen molar-refractivity contribution < 1.29 is 9.59 Å². The van der Waals surface area contributed by atoms with Gasteiger partial charge < -0.3 is 14.7 Å². The number of hydrogen-bond donors (Lipinski definition) is 0. The maximum Gasteiger partial charge on any atom is 0.255 e. The van der Waals surface area contributed by atoms with Crippen LogP contribution in [0.4, 0.5) is 5.82 Å². The van der Waals surface area contributed by atoms with E-state index in [0.29, 0.717) is 54.0 Å². The van der Waals surface area contributed by atoms with Gasteiger partial charge in [-0.3, -0.25) is 9.59 Å². The molecule has 1 aromatic heterocycles. The van der Waals surface area contributed by atoms with Crippen LogP contribution in [0.25, 0.3) is 11.3 Å². The molecule has 34 heavy (non-hydrogen) atoms. The van der Waals surface area contributed by atoms with E-state index in [1.165, 1.54) is 4.90 Å². The van der Waals surface area contributed by atoms with E-state index < -0.39 is 0 Å². The molecule has 1 aliphatic rings. The normalized spacial score (nSPS) is 13.6. The Balaban J connectivity index is 1.34. The summed E-state index contributed by atoms with van der Waals surface area (Å²) in [7, 11) is 0. The molecule has 0 bridgehead atoms. The standard InChI is InChI=1S/C25H25Cl2N5O2/c1-2-30(25(34)19-8-4-6-10-21(19)27)17-24(33)32-15-13-31(14-16-32)23-12-11-22(28-29-23)18-7-3-5-9-20(18)26/h3-12H,2,13-17H2,1H3. The van der Waals surface area contributed by atoms with E-state index in [9.17, 15) is 9.59 Å². The molecular weight excluding hydrogens is 473 g/mol. The van der Waals surface area contributed by atoms with E-state index in [1.807, 2.05) is 43.3 Å². The molecule has 4 rings (SSSR count). The van der Waals surface area contributed by atoms with Crippen LogP contribution >= 0.6 is 23.2 Å². The Kier molecular flexibility index (Phi) is 7.65. The summed E-state index contributed by atoms with van der Waals surface area (Å²) >= 11 is 12.4. The van der Waals surface area contributed by atoms with E-state index in [4.69, 9.17) is 23.2 Å². The maximum absolute atomic E-state index is 12.9. The highest BCUT2D eigenvalue weighted by molar-refractivity contribution is 6.34. The van der Waals surface area contributed by atoms with E-state index in [-0.39, 0.29) is 18.4 Å². The summed E-state index contributed by atoms with van der Waals surface area (Å²) in [6.45, 7) is 4.66. The number of rotatable bonds is 6. The van der Waals surface area contributed by atoms with Crippen molar-refractivity contribution in [1.29, 1.82) is 0 Å². The van der Waals surface area contributed by atoms with Crippen LogP contribution in [0.1, 0.15) is 17.3 Å². The number of carbonyl (C=O) groups is 2. The molecule has 9 heteroatoms. The van der Waals surface area contributed by atoms with Crippen molar-refractivity contribution in [1.82, 2.24) is 20.0 Å². The molecule has 0 radical (unpaired) electrons. The molecule has 7 nitrogen and oxygen atoms in total. The van der Waals surface area contributed by atoms with Gasteiger partial charge >= 0.3 is 0 Å². The molecule has 0 atom stereocenters. The van der Waals surface area contributed by atoms with Crippen molar-refractivity contribution in [2.24, 2.45) is 0 Å². The van der Waals surface area contributed by atoms with Crippen LogP contribution in [0.5, 0.6) is 0 Å². The molecule has 0 unspecified atom stereocenters. The third-order valence-corrected chi connectivity index (χ3v) is 6.52. The van der Waals surface area contributed by atoms with Gasteiger partial charge in [-0.05, 0) is 37.3 Å². The van der Waals surface area contributed by atoms with Gasteiger partial charge in [0.1, 0.15) is 6.54 Å². The molecule has 0 N–H and O–H groups in total. The third kappa shape index (κ3) is 5.32. The van der Waals surface area contributed by atoms with Crippen LogP contribution in [0.2, 0.25) is 10.0 Å². The van der Waals surface area contributed by atoms with Crippen molar-refractivity contribution in [3.8, 4) is 11.3 Å². The minimum Gasteiger partial charge on any atom is -0.352 e. The van der Waals surface area contributed by atoms with E-state index in [0.717, 1.165) is 11.4 Å². The van der Waals surface area contributed by atoms with Crippen molar-refractivity contribution >= 4 is 40.8 Å². The number of carbonyl (C=O) groups excluding carboxylic acids is 2. The van der Waals surface area contributed by atoms with Crippen molar-refractivity contribution in [3.63, 3.8) is 0 Å². The van der Waals surface area contributed by atoms with Gasteiger partial charge in [0.05, 0.1) is 21.3 Å². The van der Waals surface area contributed by atoms with E-state index in [2.05, 4.69) is 15.1 Å². The second-order valence-electron chi connectivity index (χ2n) is 7.92. The average Bonchev–Trinajstić information content (AvgIpc) is 2.87. The zero-order valence-electron chi connectivity index (χ0n) is 18.8. The second-order valence-corrected chi connectivity index (χ2v) is 8.74. The fraction of sp³-hybridized carbons (Fsp3) is 0.280. The second kappa shape index (κ2) is 10.8. The Morgan fingerprint density at radius 3 is 2.18 bits per heavy atom. The molecule has 0 spiro atoms. The fourth-order valence-corrected chi connectivity index (χ4v) is 4.34. The summed E-state index contributed by atoms with van der Waals surface area (Å²) in [5.74, 6) is 0.433. The minimum atomic E-state index is -0.242. The summed E-state index contributed by atoms with van der Waals surface area (Å²) in [5.41, 5.74) is 1.96. The Morgan fingerprint density at radius 1 is 0.882 bits per heavy atom. The van der Waals surface area contributed by atoms with Crippen molar-refractivity contribution in [2.75, 3.05) is 44.2 Å². The van der Waals surface area contributed by atoms with Gasteiger partial charge in [-0.2, -0.15) is 0 Å². The summed E-state index contributed by atoms with van der Waals surface area (Å²) in [6, 6.07) is 18.2. The SMILES string of the molecule is CCN(CC(=O)N1CCN(c2ccc(-c3ccccc3Cl)nn2)CC1)C(=O)c1ccccc1Cl. The zero-order chi connectivity index (χ0) is 24.1. The molecule has 0 saturated carbocycles. The van der Waals surface area contributed by atoms with E-state index in [1.54, 1.807) is 29.2 Å². The minimum absolute atomic E-state index is 0.0207. The maximum atomic E-state index is 12.9. The number of nitrogens with zero attached hydrogens (tertiary/aromatic N) is 5. The molecule has 1 saturated heterocycles. The van der Waals surface area contributed by atoms with Crippen LogP contribution in [0.15, 0.2) is 60.7 Å². The monoisotopic (exact) mass is 497 g/mol. The number of aromatic nitrogens is 2. The quantitative estimate of drug-likeness (QED) is 0.508. The Morgan fingerprint density at radius 2 is 1.56 bits per heavy atom. The topological polar surface area (TPSA) is 69.6 Å². The first-order valence-electron chi connectivity index (χ1n) is 11.1. The number of hydrogen-bond acceptors (Lipinski definition) is 5. The van der Waals surface area contributed by atoms with Gasteiger partial charge in [0.25, 0.3) is 5.91 Å². The number of amides is 2. The number of anilines is 1. The predicted octanol–water partition coefficient (Wildman–Crippen LogP) is 4.26. The lowest BCUT2D eigenvalue weighted by molar-refractivity contribution is -0.132. The van der Waals surface area contributed by atoms with Gasteiger partial charge in [-0.25, -0.2) is 0 Å². The van der Waals surface area contributed by atoms with Crippen LogP contribution in [-0.2, 0) is 4.79 Å². The summed E-state index contributed by atoms with van der Waals surface area (Å²) in [5, 5.41) is 9.71. The molecular formula is C25H25Cl2N5O2. The highest BCUT2D eigenvalue weighted by atomic mass is 35.5. The molecule has 1 fully saturated rings. The first-order valence-corrected chi connectivity index (χ1v) is 11.9. The molecule has 0 aliphatic carbocycles.